The first-order valence-electron chi connectivity index (χ1n) is 7.37. The van der Waals surface area contributed by atoms with Gasteiger partial charge in [0.05, 0.1) is 5.92 Å². The zero-order valence-corrected chi connectivity index (χ0v) is 13.2. The van der Waals surface area contributed by atoms with Crippen molar-refractivity contribution in [2.45, 2.75) is 58.4 Å². The summed E-state index contributed by atoms with van der Waals surface area (Å²) < 4.78 is 28.4. The van der Waals surface area contributed by atoms with Crippen LogP contribution in [0.1, 0.15) is 52.4 Å². The number of piperidine rings is 1. The first-order valence-corrected chi connectivity index (χ1v) is 8.81. The van der Waals surface area contributed by atoms with Crippen molar-refractivity contribution in [3.8, 4) is 0 Å². The maximum absolute atomic E-state index is 12.2. The molecule has 2 unspecified atom stereocenters. The van der Waals surface area contributed by atoms with Gasteiger partial charge in [0.2, 0.25) is 0 Å². The van der Waals surface area contributed by atoms with Gasteiger partial charge in [0.15, 0.2) is 0 Å². The van der Waals surface area contributed by atoms with Crippen molar-refractivity contribution in [3.63, 3.8) is 0 Å². The molecule has 0 bridgehead atoms. The Morgan fingerprint density at radius 1 is 1.45 bits per heavy atom. The Balaban J connectivity index is 2.52. The van der Waals surface area contributed by atoms with Crippen LogP contribution in [0.2, 0.25) is 0 Å². The Labute approximate surface area is 121 Å². The van der Waals surface area contributed by atoms with Crippen LogP contribution >= 0.6 is 0 Å². The van der Waals surface area contributed by atoms with E-state index in [1.165, 1.54) is 4.31 Å². The molecule has 1 rings (SSSR count). The van der Waals surface area contributed by atoms with E-state index < -0.39 is 22.1 Å². The molecule has 1 heterocycles. The maximum atomic E-state index is 12.2. The number of nitrogens with zero attached hydrogens (tertiary/aromatic N) is 1. The fourth-order valence-corrected chi connectivity index (χ4v) is 3.97. The summed E-state index contributed by atoms with van der Waals surface area (Å²) in [6.45, 7) is 4.44. The normalized spacial score (nSPS) is 22.6. The van der Waals surface area contributed by atoms with Gasteiger partial charge in [-0.1, -0.05) is 26.2 Å². The van der Waals surface area contributed by atoms with Gasteiger partial charge in [0, 0.05) is 19.1 Å². The first kappa shape index (κ1) is 17.4. The van der Waals surface area contributed by atoms with Crippen molar-refractivity contribution in [2.24, 2.45) is 5.92 Å². The maximum Gasteiger partial charge on any atom is 0.307 e. The quantitative estimate of drug-likeness (QED) is 0.667. The highest BCUT2D eigenvalue weighted by atomic mass is 32.2. The second-order valence-corrected chi connectivity index (χ2v) is 7.26. The predicted molar refractivity (Wildman–Crippen MR) is 77.6 cm³/mol. The summed E-state index contributed by atoms with van der Waals surface area (Å²) in [7, 11) is -3.57. The molecule has 0 amide bonds. The second-order valence-electron chi connectivity index (χ2n) is 5.56. The van der Waals surface area contributed by atoms with E-state index in [4.69, 9.17) is 5.11 Å². The van der Waals surface area contributed by atoms with Crippen LogP contribution in [0.15, 0.2) is 0 Å². The molecule has 20 heavy (non-hydrogen) atoms. The Hall–Kier alpha value is -0.660. The molecule has 0 aromatic carbocycles. The van der Waals surface area contributed by atoms with Crippen molar-refractivity contribution < 1.29 is 18.3 Å². The molecule has 1 aliphatic heterocycles. The summed E-state index contributed by atoms with van der Waals surface area (Å²) in [5.41, 5.74) is 0. The molecular formula is C13H26N2O4S. The number of carboxylic acid groups (broad SMARTS) is 1. The number of aliphatic carboxylic acids is 1. The SMILES string of the molecule is CCCCCC(C)NS(=O)(=O)N1CCCC(C(=O)O)C1. The fraction of sp³-hybridized carbons (Fsp3) is 0.923. The third-order valence-corrected chi connectivity index (χ3v) is 5.38. The molecule has 0 radical (unpaired) electrons. The summed E-state index contributed by atoms with van der Waals surface area (Å²) in [4.78, 5) is 11.0. The van der Waals surface area contributed by atoms with Crippen LogP contribution < -0.4 is 4.72 Å². The number of carboxylic acids is 1. The number of nitrogens with one attached hydrogen (secondary N) is 1. The number of rotatable bonds is 8. The van der Waals surface area contributed by atoms with E-state index in [1.54, 1.807) is 0 Å². The number of hydrogen-bond acceptors (Lipinski definition) is 3. The van der Waals surface area contributed by atoms with Crippen LogP contribution in [0.4, 0.5) is 0 Å². The highest BCUT2D eigenvalue weighted by molar-refractivity contribution is 7.87. The van der Waals surface area contributed by atoms with Gasteiger partial charge in [-0.05, 0) is 26.2 Å². The van der Waals surface area contributed by atoms with Crippen molar-refractivity contribution in [1.82, 2.24) is 9.03 Å². The molecule has 0 saturated carbocycles. The number of unbranched alkanes of at least 4 members (excludes halogenated alkanes) is 2. The highest BCUT2D eigenvalue weighted by Gasteiger charge is 2.32. The molecule has 0 spiro atoms. The van der Waals surface area contributed by atoms with Crippen molar-refractivity contribution in [3.05, 3.63) is 0 Å². The van der Waals surface area contributed by atoms with E-state index in [2.05, 4.69) is 11.6 Å². The first-order chi connectivity index (χ1) is 9.36. The molecule has 2 atom stereocenters. The molecule has 1 fully saturated rings. The minimum Gasteiger partial charge on any atom is -0.481 e. The Kier molecular flexibility index (Phi) is 6.91. The lowest BCUT2D eigenvalue weighted by Crippen LogP contribution is -2.49. The van der Waals surface area contributed by atoms with Gasteiger partial charge >= 0.3 is 5.97 Å². The van der Waals surface area contributed by atoms with Crippen molar-refractivity contribution in [2.75, 3.05) is 13.1 Å². The average molecular weight is 306 g/mol. The summed E-state index contributed by atoms with van der Waals surface area (Å²) in [6.07, 6.45) is 5.15. The summed E-state index contributed by atoms with van der Waals surface area (Å²) in [5, 5.41) is 9.01. The lowest BCUT2D eigenvalue weighted by Gasteiger charge is -2.30. The minimum absolute atomic E-state index is 0.0757. The van der Waals surface area contributed by atoms with Gasteiger partial charge in [-0.3, -0.25) is 4.79 Å². The molecule has 6 nitrogen and oxygen atoms in total. The third-order valence-electron chi connectivity index (χ3n) is 3.66. The molecule has 1 saturated heterocycles. The smallest absolute Gasteiger partial charge is 0.307 e. The Bertz CT molecular complexity index is 411. The van der Waals surface area contributed by atoms with Crippen molar-refractivity contribution in [1.29, 1.82) is 0 Å². The largest absolute Gasteiger partial charge is 0.481 e. The number of carbonyl (C=O) groups is 1. The zero-order chi connectivity index (χ0) is 15.2. The molecule has 7 heteroatoms. The summed E-state index contributed by atoms with van der Waals surface area (Å²) in [5.74, 6) is -1.50. The van der Waals surface area contributed by atoms with Gasteiger partial charge < -0.3 is 5.11 Å². The van der Waals surface area contributed by atoms with E-state index in [1.807, 2.05) is 6.92 Å². The summed E-state index contributed by atoms with van der Waals surface area (Å²) in [6, 6.07) is -0.114. The van der Waals surface area contributed by atoms with E-state index >= 15 is 0 Å². The minimum atomic E-state index is -3.57. The van der Waals surface area contributed by atoms with Crippen LogP contribution in [0.5, 0.6) is 0 Å². The van der Waals surface area contributed by atoms with Gasteiger partial charge in [-0.15, -0.1) is 0 Å². The van der Waals surface area contributed by atoms with Gasteiger partial charge in [0.25, 0.3) is 10.2 Å². The van der Waals surface area contributed by atoms with E-state index in [0.29, 0.717) is 19.4 Å². The molecule has 0 aliphatic carbocycles. The zero-order valence-electron chi connectivity index (χ0n) is 12.3. The van der Waals surface area contributed by atoms with Crippen molar-refractivity contribution >= 4 is 16.2 Å². The molecule has 2 N–H and O–H groups in total. The topological polar surface area (TPSA) is 86.7 Å². The Morgan fingerprint density at radius 2 is 2.15 bits per heavy atom. The highest BCUT2D eigenvalue weighted by Crippen LogP contribution is 2.19. The lowest BCUT2D eigenvalue weighted by atomic mass is 10.0. The average Bonchev–Trinajstić information content (AvgIpc) is 2.38. The van der Waals surface area contributed by atoms with Crippen LogP contribution in [0, 0.1) is 5.92 Å². The Morgan fingerprint density at radius 3 is 2.75 bits per heavy atom. The van der Waals surface area contributed by atoms with Crippen LogP contribution in [0.25, 0.3) is 0 Å². The predicted octanol–water partition coefficient (Wildman–Crippen LogP) is 1.59. The lowest BCUT2D eigenvalue weighted by molar-refractivity contribution is -0.142. The van der Waals surface area contributed by atoms with Gasteiger partial charge in [-0.25, -0.2) is 0 Å². The molecule has 1 aliphatic rings. The number of hydrogen-bond donors (Lipinski definition) is 2. The fourth-order valence-electron chi connectivity index (χ4n) is 2.45. The summed E-state index contributed by atoms with van der Waals surface area (Å²) >= 11 is 0. The monoisotopic (exact) mass is 306 g/mol. The standard InChI is InChI=1S/C13H26N2O4S/c1-3-4-5-7-11(2)14-20(18,19)15-9-6-8-12(10-15)13(16)17/h11-12,14H,3-10H2,1-2H3,(H,16,17). The molecule has 118 valence electrons. The van der Waals surface area contributed by atoms with Crippen LogP contribution in [-0.4, -0.2) is 42.9 Å². The van der Waals surface area contributed by atoms with Gasteiger partial charge in [-0.2, -0.15) is 17.4 Å². The van der Waals surface area contributed by atoms with Crippen LogP contribution in [-0.2, 0) is 15.0 Å². The van der Waals surface area contributed by atoms with E-state index in [9.17, 15) is 13.2 Å². The molecular weight excluding hydrogens is 280 g/mol. The third kappa shape index (κ3) is 5.38. The van der Waals surface area contributed by atoms with Crippen LogP contribution in [0.3, 0.4) is 0 Å². The van der Waals surface area contributed by atoms with Gasteiger partial charge in [0.1, 0.15) is 0 Å². The molecule has 0 aromatic heterocycles. The van der Waals surface area contributed by atoms with E-state index in [0.717, 1.165) is 25.7 Å². The van der Waals surface area contributed by atoms with E-state index in [-0.39, 0.29) is 12.6 Å². The second kappa shape index (κ2) is 7.95. The molecule has 0 aromatic rings.